The minimum absolute atomic E-state index is 0.181. The third-order valence-corrected chi connectivity index (χ3v) is 3.31. The van der Waals surface area contributed by atoms with Crippen LogP contribution < -0.4 is 11.1 Å². The first-order valence-electron chi connectivity index (χ1n) is 6.12. The molecule has 0 radical (unpaired) electrons. The van der Waals surface area contributed by atoms with Crippen molar-refractivity contribution in [3.8, 4) is 0 Å². The molecule has 0 rings (SSSR count). The molecule has 5 nitrogen and oxygen atoms in total. The maximum Gasteiger partial charge on any atom is 0.326 e. The van der Waals surface area contributed by atoms with E-state index in [1.807, 2.05) is 20.8 Å². The number of rotatable bonds is 9. The van der Waals surface area contributed by atoms with E-state index < -0.39 is 5.54 Å². The van der Waals surface area contributed by atoms with Gasteiger partial charge in [0.15, 0.2) is 0 Å². The van der Waals surface area contributed by atoms with E-state index in [1.54, 1.807) is 6.92 Å². The van der Waals surface area contributed by atoms with E-state index in [2.05, 4.69) is 5.32 Å². The predicted molar refractivity (Wildman–Crippen MR) is 74.4 cm³/mol. The van der Waals surface area contributed by atoms with Gasteiger partial charge in [-0.2, -0.15) is 11.8 Å². The van der Waals surface area contributed by atoms with Crippen LogP contribution >= 0.6 is 11.8 Å². The summed E-state index contributed by atoms with van der Waals surface area (Å²) in [6, 6.07) is 0.181. The van der Waals surface area contributed by atoms with E-state index in [0.717, 1.165) is 0 Å². The fourth-order valence-corrected chi connectivity index (χ4v) is 2.51. The Bertz CT molecular complexity index is 284. The van der Waals surface area contributed by atoms with Crippen LogP contribution in [0.1, 0.15) is 34.1 Å². The highest BCUT2D eigenvalue weighted by Gasteiger charge is 2.34. The van der Waals surface area contributed by atoms with Crippen molar-refractivity contribution in [2.45, 2.75) is 45.7 Å². The fourth-order valence-electron chi connectivity index (χ4n) is 1.61. The lowest BCUT2D eigenvalue weighted by Gasteiger charge is -2.30. The van der Waals surface area contributed by atoms with Crippen molar-refractivity contribution in [1.29, 1.82) is 0 Å². The Labute approximate surface area is 113 Å². The molecule has 0 saturated carbocycles. The largest absolute Gasteiger partial charge is 0.465 e. The molecular formula is C12H24N2O3S. The molecule has 0 aromatic rings. The minimum Gasteiger partial charge on any atom is -0.465 e. The molecule has 18 heavy (non-hydrogen) atoms. The lowest BCUT2D eigenvalue weighted by atomic mass is 9.98. The SMILES string of the molecule is CCOC(=O)C(C)(CCSCC(N)=O)NC(C)C. The second-order valence-electron chi connectivity index (χ2n) is 4.62. The number of ether oxygens (including phenoxy) is 1. The van der Waals surface area contributed by atoms with E-state index in [1.165, 1.54) is 11.8 Å². The number of hydrogen-bond acceptors (Lipinski definition) is 5. The van der Waals surface area contributed by atoms with Gasteiger partial charge >= 0.3 is 5.97 Å². The van der Waals surface area contributed by atoms with Crippen LogP contribution in [-0.2, 0) is 14.3 Å². The van der Waals surface area contributed by atoms with Crippen molar-refractivity contribution in [2.24, 2.45) is 5.73 Å². The van der Waals surface area contributed by atoms with Crippen LogP contribution in [0.2, 0.25) is 0 Å². The quantitative estimate of drug-likeness (QED) is 0.483. The second kappa shape index (κ2) is 8.37. The Hall–Kier alpha value is -0.750. The molecule has 0 spiro atoms. The first kappa shape index (κ1) is 17.2. The Morgan fingerprint density at radius 2 is 2.06 bits per heavy atom. The third-order valence-electron chi connectivity index (χ3n) is 2.32. The molecular weight excluding hydrogens is 252 g/mol. The molecule has 6 heteroatoms. The summed E-state index contributed by atoms with van der Waals surface area (Å²) in [5.74, 6) is 0.367. The number of carbonyl (C=O) groups is 2. The van der Waals surface area contributed by atoms with Crippen LogP contribution in [0.5, 0.6) is 0 Å². The molecule has 0 aromatic carbocycles. The van der Waals surface area contributed by atoms with Gasteiger partial charge in [0.25, 0.3) is 0 Å². The van der Waals surface area contributed by atoms with Gasteiger partial charge in [0.05, 0.1) is 12.4 Å². The van der Waals surface area contributed by atoms with Crippen LogP contribution in [0.4, 0.5) is 0 Å². The Balaban J connectivity index is 4.37. The van der Waals surface area contributed by atoms with Gasteiger partial charge in [0, 0.05) is 6.04 Å². The van der Waals surface area contributed by atoms with E-state index in [4.69, 9.17) is 10.5 Å². The summed E-state index contributed by atoms with van der Waals surface area (Å²) in [5.41, 5.74) is 4.35. The van der Waals surface area contributed by atoms with Gasteiger partial charge in [-0.15, -0.1) is 0 Å². The Morgan fingerprint density at radius 3 is 2.50 bits per heavy atom. The maximum atomic E-state index is 11.9. The molecule has 3 N–H and O–H groups in total. The number of thioether (sulfide) groups is 1. The summed E-state index contributed by atoms with van der Waals surface area (Å²) in [4.78, 5) is 22.6. The zero-order valence-corrected chi connectivity index (χ0v) is 12.4. The highest BCUT2D eigenvalue weighted by Crippen LogP contribution is 2.17. The van der Waals surface area contributed by atoms with Crippen LogP contribution in [0, 0.1) is 0 Å². The first-order valence-corrected chi connectivity index (χ1v) is 7.28. The number of esters is 1. The number of primary amides is 1. The van der Waals surface area contributed by atoms with Gasteiger partial charge in [0.1, 0.15) is 5.54 Å². The molecule has 0 aromatic heterocycles. The number of carbonyl (C=O) groups excluding carboxylic acids is 2. The first-order chi connectivity index (χ1) is 8.31. The molecule has 1 unspecified atom stereocenters. The lowest BCUT2D eigenvalue weighted by Crippen LogP contribution is -2.53. The summed E-state index contributed by atoms with van der Waals surface area (Å²) in [6.45, 7) is 7.94. The van der Waals surface area contributed by atoms with Crippen LogP contribution in [0.15, 0.2) is 0 Å². The van der Waals surface area contributed by atoms with Crippen molar-refractivity contribution in [2.75, 3.05) is 18.1 Å². The van der Waals surface area contributed by atoms with E-state index in [-0.39, 0.29) is 23.7 Å². The monoisotopic (exact) mass is 276 g/mol. The smallest absolute Gasteiger partial charge is 0.326 e. The molecule has 1 atom stereocenters. The van der Waals surface area contributed by atoms with Crippen molar-refractivity contribution in [3.05, 3.63) is 0 Å². The zero-order chi connectivity index (χ0) is 14.2. The van der Waals surface area contributed by atoms with E-state index in [9.17, 15) is 9.59 Å². The number of amides is 1. The van der Waals surface area contributed by atoms with E-state index >= 15 is 0 Å². The summed E-state index contributed by atoms with van der Waals surface area (Å²) < 4.78 is 5.08. The summed E-state index contributed by atoms with van der Waals surface area (Å²) in [5, 5.41) is 3.22. The van der Waals surface area contributed by atoms with Crippen molar-refractivity contribution in [1.82, 2.24) is 5.32 Å². The fraction of sp³-hybridized carbons (Fsp3) is 0.833. The average molecular weight is 276 g/mol. The van der Waals surface area contributed by atoms with Gasteiger partial charge in [-0.3, -0.25) is 14.9 Å². The van der Waals surface area contributed by atoms with Gasteiger partial charge < -0.3 is 10.5 Å². The molecule has 0 fully saturated rings. The molecule has 0 bridgehead atoms. The summed E-state index contributed by atoms with van der Waals surface area (Å²) >= 11 is 1.43. The normalized spacial score (nSPS) is 14.3. The number of hydrogen-bond donors (Lipinski definition) is 2. The van der Waals surface area contributed by atoms with Gasteiger partial charge in [-0.25, -0.2) is 0 Å². The lowest BCUT2D eigenvalue weighted by molar-refractivity contribution is -0.150. The minimum atomic E-state index is -0.713. The molecule has 1 amide bonds. The highest BCUT2D eigenvalue weighted by molar-refractivity contribution is 7.99. The molecule has 0 aliphatic rings. The van der Waals surface area contributed by atoms with Crippen LogP contribution in [-0.4, -0.2) is 41.6 Å². The van der Waals surface area contributed by atoms with Crippen LogP contribution in [0.3, 0.4) is 0 Å². The van der Waals surface area contributed by atoms with Gasteiger partial charge in [-0.05, 0) is 39.9 Å². The van der Waals surface area contributed by atoms with Crippen LogP contribution in [0.25, 0.3) is 0 Å². The molecule has 0 heterocycles. The standard InChI is InChI=1S/C12H24N2O3S/c1-5-17-11(16)12(4,14-9(2)3)6-7-18-8-10(13)15/h9,14H,5-8H2,1-4H3,(H2,13,15). The number of nitrogens with one attached hydrogen (secondary N) is 1. The Morgan fingerprint density at radius 1 is 1.44 bits per heavy atom. The Kier molecular flexibility index (Phi) is 8.02. The summed E-state index contributed by atoms with van der Waals surface area (Å²) in [7, 11) is 0. The predicted octanol–water partition coefficient (Wildman–Crippen LogP) is 0.915. The average Bonchev–Trinajstić information content (AvgIpc) is 2.23. The number of nitrogens with two attached hydrogens (primary N) is 1. The van der Waals surface area contributed by atoms with Gasteiger partial charge in [0.2, 0.25) is 5.91 Å². The van der Waals surface area contributed by atoms with Crippen molar-refractivity contribution >= 4 is 23.6 Å². The van der Waals surface area contributed by atoms with Crippen molar-refractivity contribution in [3.63, 3.8) is 0 Å². The van der Waals surface area contributed by atoms with E-state index in [0.29, 0.717) is 18.8 Å². The molecule has 0 aliphatic carbocycles. The topological polar surface area (TPSA) is 81.4 Å². The molecule has 106 valence electrons. The molecule has 0 aliphatic heterocycles. The molecule has 0 saturated heterocycles. The van der Waals surface area contributed by atoms with Crippen molar-refractivity contribution < 1.29 is 14.3 Å². The zero-order valence-electron chi connectivity index (χ0n) is 11.6. The van der Waals surface area contributed by atoms with Gasteiger partial charge in [-0.1, -0.05) is 0 Å². The highest BCUT2D eigenvalue weighted by atomic mass is 32.2. The third kappa shape index (κ3) is 6.86. The summed E-state index contributed by atoms with van der Waals surface area (Å²) in [6.07, 6.45) is 0.599. The second-order valence-corrected chi connectivity index (χ2v) is 5.73. The maximum absolute atomic E-state index is 11.9.